The Hall–Kier alpha value is -0.133. The van der Waals surface area contributed by atoms with Crippen molar-refractivity contribution < 1.29 is 4.43 Å². The highest BCUT2D eigenvalue weighted by atomic mass is 35.5. The Bertz CT molecular complexity index is 549. The van der Waals surface area contributed by atoms with E-state index in [1.54, 1.807) is 6.20 Å². The third-order valence-electron chi connectivity index (χ3n) is 4.82. The molecule has 6 heteroatoms. The Balaban J connectivity index is 3.17. The average Bonchev–Trinajstić information content (AvgIpc) is 2.55. The molecule has 0 amide bonds. The van der Waals surface area contributed by atoms with Crippen LogP contribution in [0.3, 0.4) is 0 Å². The second-order valence-electron chi connectivity index (χ2n) is 7.96. The minimum Gasteiger partial charge on any atom is -0.409 e. The van der Waals surface area contributed by atoms with Crippen molar-refractivity contribution >= 4 is 31.5 Å². The lowest BCUT2D eigenvalue weighted by molar-refractivity contribution is 0.181. The van der Waals surface area contributed by atoms with Gasteiger partial charge in [-0.1, -0.05) is 64.7 Å². The van der Waals surface area contributed by atoms with Crippen LogP contribution in [0.4, 0.5) is 0 Å². The number of hydrogen-bond acceptors (Lipinski definition) is 3. The molecule has 1 atom stereocenters. The van der Waals surface area contributed by atoms with Crippen LogP contribution < -0.4 is 5.32 Å². The zero-order chi connectivity index (χ0) is 19.3. The van der Waals surface area contributed by atoms with Gasteiger partial charge in [0.25, 0.3) is 0 Å². The second-order valence-corrected chi connectivity index (χ2v) is 13.5. The van der Waals surface area contributed by atoms with Crippen molar-refractivity contribution in [3.05, 3.63) is 27.5 Å². The molecule has 0 fully saturated rings. The largest absolute Gasteiger partial charge is 0.409 e. The van der Waals surface area contributed by atoms with Crippen LogP contribution in [0.5, 0.6) is 0 Å². The summed E-state index contributed by atoms with van der Waals surface area (Å²) in [4.78, 5) is 4.27. The molecule has 25 heavy (non-hydrogen) atoms. The molecule has 144 valence electrons. The summed E-state index contributed by atoms with van der Waals surface area (Å²) in [5, 5.41) is 4.77. The Morgan fingerprint density at radius 3 is 2.20 bits per heavy atom. The normalized spacial score (nSPS) is 14.0. The maximum atomic E-state index is 6.78. The van der Waals surface area contributed by atoms with Gasteiger partial charge < -0.3 is 9.74 Å². The molecule has 3 nitrogen and oxygen atoms in total. The van der Waals surface area contributed by atoms with Crippen LogP contribution in [-0.4, -0.2) is 26.4 Å². The van der Waals surface area contributed by atoms with Gasteiger partial charge in [-0.15, -0.1) is 0 Å². The molecule has 0 aliphatic heterocycles. The summed E-state index contributed by atoms with van der Waals surface area (Å²) in [6.45, 7) is 16.9. The fraction of sp³-hybridized carbons (Fsp3) is 0.737. The molecule has 0 aromatic carbocycles. The van der Waals surface area contributed by atoms with E-state index in [2.05, 4.69) is 51.8 Å². The van der Waals surface area contributed by atoms with Gasteiger partial charge in [0, 0.05) is 24.8 Å². The van der Waals surface area contributed by atoms with E-state index in [1.165, 1.54) is 0 Å². The number of halogens is 2. The monoisotopic (exact) mass is 404 g/mol. The number of pyridine rings is 1. The van der Waals surface area contributed by atoms with Crippen LogP contribution >= 0.6 is 23.2 Å². The number of aromatic nitrogens is 1. The second kappa shape index (κ2) is 9.70. The zero-order valence-corrected chi connectivity index (χ0v) is 19.3. The summed E-state index contributed by atoms with van der Waals surface area (Å²) in [6.07, 6.45) is 1.54. The van der Waals surface area contributed by atoms with Gasteiger partial charge in [0.05, 0.1) is 21.8 Å². The third kappa shape index (κ3) is 6.51. The molecule has 1 aromatic heterocycles. The number of nitrogens with zero attached hydrogens (tertiary/aromatic N) is 1. The minimum absolute atomic E-state index is 0.143. The van der Waals surface area contributed by atoms with E-state index >= 15 is 0 Å². The lowest BCUT2D eigenvalue weighted by Crippen LogP contribution is -2.41. The van der Waals surface area contributed by atoms with Crippen molar-refractivity contribution in [3.8, 4) is 0 Å². The molecule has 0 bridgehead atoms. The first-order valence-corrected chi connectivity index (χ1v) is 12.6. The SMILES string of the molecule is CC[Si](CC)(CC)OC(CNCC(C)(C)C)c1c(Cl)cnc(C)c1Cl. The van der Waals surface area contributed by atoms with Crippen molar-refractivity contribution in [3.63, 3.8) is 0 Å². The standard InChI is InChI=1S/C19H34Cl2N2OSi/c1-8-25(9-2,10-3)24-16(12-22-13-19(5,6)7)17-15(20)11-23-14(4)18(17)21/h11,16,22H,8-10,12-13H2,1-7H3. The number of rotatable bonds is 9. The van der Waals surface area contributed by atoms with Crippen LogP contribution in [0, 0.1) is 12.3 Å². The summed E-state index contributed by atoms with van der Waals surface area (Å²) in [5.41, 5.74) is 1.88. The topological polar surface area (TPSA) is 34.1 Å². The maximum Gasteiger partial charge on any atom is 0.192 e. The van der Waals surface area contributed by atoms with Crippen molar-refractivity contribution in [2.24, 2.45) is 5.41 Å². The molecule has 1 rings (SSSR count). The van der Waals surface area contributed by atoms with Crippen LogP contribution in [0.15, 0.2) is 6.20 Å². The van der Waals surface area contributed by atoms with E-state index < -0.39 is 8.32 Å². The quantitative estimate of drug-likeness (QED) is 0.483. The number of nitrogens with one attached hydrogen (secondary N) is 1. The van der Waals surface area contributed by atoms with Gasteiger partial charge in [0.1, 0.15) is 0 Å². The van der Waals surface area contributed by atoms with E-state index in [9.17, 15) is 0 Å². The summed E-state index contributed by atoms with van der Waals surface area (Å²) >= 11 is 13.1. The Kier molecular flexibility index (Phi) is 8.89. The van der Waals surface area contributed by atoms with Crippen molar-refractivity contribution in [2.45, 2.75) is 72.7 Å². The lowest BCUT2D eigenvalue weighted by atomic mass is 9.97. The van der Waals surface area contributed by atoms with Gasteiger partial charge in [0.15, 0.2) is 8.32 Å². The summed E-state index contributed by atoms with van der Waals surface area (Å²) in [6, 6.07) is 3.28. The molecule has 1 aromatic rings. The first-order valence-electron chi connectivity index (χ1n) is 9.28. The molecular formula is C19H34Cl2N2OSi. The van der Waals surface area contributed by atoms with Crippen molar-refractivity contribution in [2.75, 3.05) is 13.1 Å². The first kappa shape index (κ1) is 22.9. The molecule has 1 N–H and O–H groups in total. The van der Waals surface area contributed by atoms with Gasteiger partial charge in [0.2, 0.25) is 0 Å². The van der Waals surface area contributed by atoms with E-state index in [-0.39, 0.29) is 11.5 Å². The predicted octanol–water partition coefficient (Wildman–Crippen LogP) is 6.40. The molecule has 0 radical (unpaired) electrons. The van der Waals surface area contributed by atoms with Crippen LogP contribution in [0.1, 0.15) is 58.9 Å². The summed E-state index contributed by atoms with van der Waals surface area (Å²) in [7, 11) is -1.80. The summed E-state index contributed by atoms with van der Waals surface area (Å²) in [5.74, 6) is 0. The van der Waals surface area contributed by atoms with E-state index in [0.29, 0.717) is 16.6 Å². The highest BCUT2D eigenvalue weighted by Crippen LogP contribution is 2.37. The molecular weight excluding hydrogens is 371 g/mol. The van der Waals surface area contributed by atoms with Crippen LogP contribution in [0.2, 0.25) is 28.2 Å². The molecule has 0 saturated carbocycles. The number of aryl methyl sites for hydroxylation is 1. The van der Waals surface area contributed by atoms with E-state index in [1.807, 2.05) is 6.92 Å². The lowest BCUT2D eigenvalue weighted by Gasteiger charge is -2.35. The highest BCUT2D eigenvalue weighted by molar-refractivity contribution is 6.73. The summed E-state index contributed by atoms with van der Waals surface area (Å²) < 4.78 is 6.78. The van der Waals surface area contributed by atoms with E-state index in [0.717, 1.165) is 35.9 Å². The molecule has 1 unspecified atom stereocenters. The van der Waals surface area contributed by atoms with E-state index in [4.69, 9.17) is 27.6 Å². The third-order valence-corrected chi connectivity index (χ3v) is 10.2. The fourth-order valence-corrected chi connectivity index (χ4v) is 6.35. The molecule has 1 heterocycles. The average molecular weight is 405 g/mol. The smallest absolute Gasteiger partial charge is 0.192 e. The van der Waals surface area contributed by atoms with Gasteiger partial charge in [-0.3, -0.25) is 4.98 Å². The first-order chi connectivity index (χ1) is 11.6. The van der Waals surface area contributed by atoms with Crippen LogP contribution in [0.25, 0.3) is 0 Å². The van der Waals surface area contributed by atoms with Gasteiger partial charge in [-0.25, -0.2) is 0 Å². The predicted molar refractivity (Wildman–Crippen MR) is 112 cm³/mol. The van der Waals surface area contributed by atoms with Crippen molar-refractivity contribution in [1.29, 1.82) is 0 Å². The van der Waals surface area contributed by atoms with Gasteiger partial charge in [-0.05, 0) is 30.5 Å². The molecule has 0 aliphatic rings. The Morgan fingerprint density at radius 2 is 1.72 bits per heavy atom. The van der Waals surface area contributed by atoms with Gasteiger partial charge in [-0.2, -0.15) is 0 Å². The Morgan fingerprint density at radius 1 is 1.16 bits per heavy atom. The maximum absolute atomic E-state index is 6.78. The molecule has 0 spiro atoms. The van der Waals surface area contributed by atoms with Crippen molar-refractivity contribution in [1.82, 2.24) is 10.3 Å². The minimum atomic E-state index is -1.80. The van der Waals surface area contributed by atoms with Gasteiger partial charge >= 0.3 is 0 Å². The molecule has 0 aliphatic carbocycles. The molecule has 0 saturated heterocycles. The van der Waals surface area contributed by atoms with Crippen LogP contribution in [-0.2, 0) is 4.43 Å². The highest BCUT2D eigenvalue weighted by Gasteiger charge is 2.34. The Labute approximate surface area is 165 Å². The zero-order valence-electron chi connectivity index (χ0n) is 16.8. The number of hydrogen-bond donors (Lipinski definition) is 1. The fourth-order valence-electron chi connectivity index (χ4n) is 2.96.